The van der Waals surface area contributed by atoms with E-state index in [-0.39, 0.29) is 21.4 Å². The number of phenolic OH excluding ortho intramolecular Hbond substituents is 1. The van der Waals surface area contributed by atoms with Crippen molar-refractivity contribution in [2.24, 2.45) is 0 Å². The molecule has 3 rings (SSSR count). The van der Waals surface area contributed by atoms with E-state index in [1.165, 1.54) is 0 Å². The van der Waals surface area contributed by atoms with Crippen LogP contribution in [0.3, 0.4) is 0 Å². The fraction of sp³-hybridized carbons (Fsp3) is 0. The van der Waals surface area contributed by atoms with E-state index in [4.69, 9.17) is 16.0 Å². The summed E-state index contributed by atoms with van der Waals surface area (Å²) in [5.74, 6) is -0.101. The lowest BCUT2D eigenvalue weighted by Crippen LogP contribution is -2.07. The first-order valence-corrected chi connectivity index (χ1v) is 8.25. The van der Waals surface area contributed by atoms with Crippen molar-refractivity contribution >= 4 is 54.4 Å². The maximum Gasteiger partial charge on any atom is 0.355 e. The number of phenols is 1. The predicted molar refractivity (Wildman–Crippen MR) is 94.7 cm³/mol. The van der Waals surface area contributed by atoms with Crippen LogP contribution in [0, 0.1) is 11.3 Å². The van der Waals surface area contributed by atoms with Gasteiger partial charge < -0.3 is 9.52 Å². The Morgan fingerprint density at radius 3 is 2.61 bits per heavy atom. The van der Waals surface area contributed by atoms with Crippen molar-refractivity contribution in [3.63, 3.8) is 0 Å². The maximum absolute atomic E-state index is 12.2. The largest absolute Gasteiger partial charge is 0.505 e. The van der Waals surface area contributed by atoms with Crippen LogP contribution in [-0.4, -0.2) is 5.11 Å². The van der Waals surface area contributed by atoms with Crippen LogP contribution >= 0.6 is 43.5 Å². The minimum atomic E-state index is -0.794. The van der Waals surface area contributed by atoms with Gasteiger partial charge in [0.2, 0.25) is 0 Å². The van der Waals surface area contributed by atoms with Crippen LogP contribution in [0.1, 0.15) is 5.56 Å². The van der Waals surface area contributed by atoms with Crippen molar-refractivity contribution in [2.45, 2.75) is 0 Å². The number of hydrogen-bond donors (Lipinski definition) is 1. The summed E-state index contributed by atoms with van der Waals surface area (Å²) in [6, 6.07) is 10.4. The van der Waals surface area contributed by atoms with Gasteiger partial charge in [0.05, 0.1) is 4.47 Å². The zero-order valence-electron chi connectivity index (χ0n) is 11.2. The van der Waals surface area contributed by atoms with Crippen LogP contribution in [0.5, 0.6) is 5.75 Å². The smallest absolute Gasteiger partial charge is 0.355 e. The number of nitriles is 1. The fourth-order valence-corrected chi connectivity index (χ4v) is 3.73. The highest BCUT2D eigenvalue weighted by atomic mass is 79.9. The van der Waals surface area contributed by atoms with Crippen LogP contribution in [0.15, 0.2) is 48.5 Å². The molecule has 0 spiro atoms. The molecule has 0 radical (unpaired) electrons. The average Bonchev–Trinajstić information content (AvgIpc) is 2.53. The first-order chi connectivity index (χ1) is 11.0. The maximum atomic E-state index is 12.2. The highest BCUT2D eigenvalue weighted by Crippen LogP contribution is 2.43. The summed E-state index contributed by atoms with van der Waals surface area (Å²) in [5.41, 5.74) is 0.107. The fourth-order valence-electron chi connectivity index (χ4n) is 2.30. The molecular weight excluding hydrogens is 449 g/mol. The van der Waals surface area contributed by atoms with Gasteiger partial charge in [-0.3, -0.25) is 0 Å². The Hall–Kier alpha value is -1.81. The van der Waals surface area contributed by atoms with Gasteiger partial charge in [0, 0.05) is 21.5 Å². The third-order valence-corrected chi connectivity index (χ3v) is 4.99. The lowest BCUT2D eigenvalue weighted by Gasteiger charge is -2.12. The second-order valence-corrected chi connectivity index (χ2v) is 6.68. The Balaban J connectivity index is 2.61. The summed E-state index contributed by atoms with van der Waals surface area (Å²) in [6.45, 7) is 0. The molecule has 0 unspecified atom stereocenters. The molecule has 3 aromatic rings. The van der Waals surface area contributed by atoms with E-state index in [0.717, 1.165) is 0 Å². The van der Waals surface area contributed by atoms with Crippen LogP contribution in [0.2, 0.25) is 5.02 Å². The van der Waals surface area contributed by atoms with Gasteiger partial charge in [-0.25, -0.2) is 4.79 Å². The molecule has 0 saturated carbocycles. The van der Waals surface area contributed by atoms with Gasteiger partial charge >= 0.3 is 5.63 Å². The summed E-state index contributed by atoms with van der Waals surface area (Å²) >= 11 is 12.7. The van der Waals surface area contributed by atoms with Gasteiger partial charge in [0.15, 0.2) is 5.58 Å². The molecule has 4 nitrogen and oxygen atoms in total. The zero-order valence-corrected chi connectivity index (χ0v) is 15.2. The Kier molecular flexibility index (Phi) is 4.19. The Morgan fingerprint density at radius 2 is 1.96 bits per heavy atom. The first kappa shape index (κ1) is 16.1. The van der Waals surface area contributed by atoms with Crippen molar-refractivity contribution in [1.82, 2.24) is 0 Å². The SMILES string of the molecule is N#Cc1c(-c2ccccc2Cl)c2cc(Br)c(O)c(Br)c2oc1=O. The number of benzene rings is 2. The van der Waals surface area contributed by atoms with E-state index >= 15 is 0 Å². The molecule has 1 aromatic heterocycles. The van der Waals surface area contributed by atoms with Gasteiger partial charge in [-0.05, 0) is 44.0 Å². The summed E-state index contributed by atoms with van der Waals surface area (Å²) in [4.78, 5) is 12.2. The number of nitrogens with zero attached hydrogens (tertiary/aromatic N) is 1. The topological polar surface area (TPSA) is 74.2 Å². The van der Waals surface area contributed by atoms with Gasteiger partial charge in [-0.15, -0.1) is 0 Å². The normalized spacial score (nSPS) is 10.7. The summed E-state index contributed by atoms with van der Waals surface area (Å²) < 4.78 is 5.81. The van der Waals surface area contributed by atoms with Crippen molar-refractivity contribution in [1.29, 1.82) is 5.26 Å². The van der Waals surface area contributed by atoms with Gasteiger partial charge in [-0.1, -0.05) is 29.8 Å². The Morgan fingerprint density at radius 1 is 1.26 bits per heavy atom. The summed E-state index contributed by atoms with van der Waals surface area (Å²) in [7, 11) is 0. The van der Waals surface area contributed by atoms with Gasteiger partial charge in [-0.2, -0.15) is 5.26 Å². The number of hydrogen-bond acceptors (Lipinski definition) is 4. The highest BCUT2D eigenvalue weighted by molar-refractivity contribution is 9.11. The van der Waals surface area contributed by atoms with E-state index in [1.54, 1.807) is 30.3 Å². The lowest BCUT2D eigenvalue weighted by molar-refractivity contribution is 0.466. The lowest BCUT2D eigenvalue weighted by atomic mass is 9.97. The number of fused-ring (bicyclic) bond motifs is 1. The predicted octanol–water partition coefficient (Wildman–Crippen LogP) is 5.22. The quantitative estimate of drug-likeness (QED) is 0.511. The van der Waals surface area contributed by atoms with Crippen LogP contribution in [0.25, 0.3) is 22.1 Å². The molecule has 0 fully saturated rings. The van der Waals surface area contributed by atoms with Gasteiger partial charge in [0.25, 0.3) is 0 Å². The minimum absolute atomic E-state index is 0.101. The van der Waals surface area contributed by atoms with Crippen LogP contribution < -0.4 is 5.63 Å². The van der Waals surface area contributed by atoms with Crippen molar-refractivity contribution in [3.05, 3.63) is 60.3 Å². The van der Waals surface area contributed by atoms with E-state index in [2.05, 4.69) is 31.9 Å². The molecule has 1 heterocycles. The minimum Gasteiger partial charge on any atom is -0.505 e. The highest BCUT2D eigenvalue weighted by Gasteiger charge is 2.22. The van der Waals surface area contributed by atoms with E-state index < -0.39 is 5.63 Å². The number of rotatable bonds is 1. The van der Waals surface area contributed by atoms with Crippen molar-refractivity contribution < 1.29 is 9.52 Å². The monoisotopic (exact) mass is 453 g/mol. The van der Waals surface area contributed by atoms with Gasteiger partial charge in [0.1, 0.15) is 21.9 Å². The molecule has 0 aliphatic carbocycles. The van der Waals surface area contributed by atoms with Crippen LogP contribution in [0.4, 0.5) is 0 Å². The molecule has 0 atom stereocenters. The molecule has 0 aliphatic rings. The Bertz CT molecular complexity index is 1050. The zero-order chi connectivity index (χ0) is 16.7. The standard InChI is InChI=1S/C16H6Br2ClNO3/c17-10-5-8-12(7-3-1-2-4-11(7)19)9(6-20)16(22)23-15(8)13(18)14(10)21/h1-5,21H. The second kappa shape index (κ2) is 6.00. The van der Waals surface area contributed by atoms with E-state index in [9.17, 15) is 15.2 Å². The van der Waals surface area contributed by atoms with Crippen LogP contribution in [-0.2, 0) is 0 Å². The molecule has 0 aliphatic heterocycles. The number of aromatic hydroxyl groups is 1. The third kappa shape index (κ3) is 2.55. The molecule has 0 saturated heterocycles. The molecular formula is C16H6Br2ClNO3. The second-order valence-electron chi connectivity index (χ2n) is 4.63. The summed E-state index contributed by atoms with van der Waals surface area (Å²) in [6.07, 6.45) is 0. The first-order valence-electron chi connectivity index (χ1n) is 6.28. The molecule has 2 aromatic carbocycles. The average molecular weight is 455 g/mol. The summed E-state index contributed by atoms with van der Waals surface area (Å²) in [5, 5.41) is 20.2. The molecule has 1 N–H and O–H groups in total. The molecule has 0 amide bonds. The molecule has 23 heavy (non-hydrogen) atoms. The molecule has 114 valence electrons. The van der Waals surface area contributed by atoms with Crippen molar-refractivity contribution in [3.8, 4) is 22.9 Å². The number of halogens is 3. The Labute approximate surface area is 152 Å². The van der Waals surface area contributed by atoms with Crippen molar-refractivity contribution in [2.75, 3.05) is 0 Å². The van der Waals surface area contributed by atoms with E-state index in [0.29, 0.717) is 26.0 Å². The molecule has 7 heteroatoms. The van der Waals surface area contributed by atoms with E-state index in [1.807, 2.05) is 6.07 Å². The third-order valence-electron chi connectivity index (χ3n) is 3.32. The molecule has 0 bridgehead atoms.